The summed E-state index contributed by atoms with van der Waals surface area (Å²) in [5, 5.41) is 15.1. The van der Waals surface area contributed by atoms with Gasteiger partial charge in [-0.1, -0.05) is 6.92 Å². The molecule has 1 amide bonds. The monoisotopic (exact) mass is 311 g/mol. The summed E-state index contributed by atoms with van der Waals surface area (Å²) in [6, 6.07) is -0.903. The minimum atomic E-state index is -1.05. The highest BCUT2D eigenvalue weighted by molar-refractivity contribution is 8.00. The Hall–Kier alpha value is -1.83. The first-order valence-corrected chi connectivity index (χ1v) is 7.66. The summed E-state index contributed by atoms with van der Waals surface area (Å²) in [6.45, 7) is 5.22. The van der Waals surface area contributed by atoms with E-state index in [1.807, 2.05) is 6.92 Å². The fourth-order valence-electron chi connectivity index (χ4n) is 2.35. The number of rotatable bonds is 3. The van der Waals surface area contributed by atoms with Gasteiger partial charge >= 0.3 is 5.97 Å². The zero-order chi connectivity index (χ0) is 15.7. The number of nitrogens with zero attached hydrogens (tertiary/aromatic N) is 2. The van der Waals surface area contributed by atoms with Gasteiger partial charge in [-0.05, 0) is 25.8 Å². The highest BCUT2D eigenvalue weighted by Crippen LogP contribution is 2.32. The maximum Gasteiger partial charge on any atom is 0.327 e. The van der Waals surface area contributed by atoms with Crippen molar-refractivity contribution in [2.24, 2.45) is 0 Å². The molecule has 0 saturated carbocycles. The summed E-state index contributed by atoms with van der Waals surface area (Å²) >= 11 is 1.42. The van der Waals surface area contributed by atoms with Crippen molar-refractivity contribution in [2.45, 2.75) is 38.6 Å². The molecule has 1 aliphatic rings. The molecular formula is C13H17N3O4S. The fraction of sp³-hybridized carbons (Fsp3) is 0.538. The molecule has 8 heteroatoms. The number of aliphatic carboxylic acids is 1. The Morgan fingerprint density at radius 2 is 2.14 bits per heavy atom. The summed E-state index contributed by atoms with van der Waals surface area (Å²) in [4.78, 5) is 37.3. The predicted octanol–water partition coefficient (Wildman–Crippen LogP) is 0.765. The number of amides is 1. The highest BCUT2D eigenvalue weighted by atomic mass is 32.2. The van der Waals surface area contributed by atoms with E-state index in [9.17, 15) is 19.5 Å². The number of carbonyl (C=O) groups excluding carboxylic acids is 1. The summed E-state index contributed by atoms with van der Waals surface area (Å²) < 4.78 is 0. The van der Waals surface area contributed by atoms with Crippen molar-refractivity contribution in [1.29, 1.82) is 0 Å². The second kappa shape index (κ2) is 5.88. The van der Waals surface area contributed by atoms with E-state index in [4.69, 9.17) is 0 Å². The smallest absolute Gasteiger partial charge is 0.327 e. The lowest BCUT2D eigenvalue weighted by atomic mass is 10.1. The van der Waals surface area contributed by atoms with Crippen LogP contribution in [-0.4, -0.2) is 49.2 Å². The molecule has 0 bridgehead atoms. The largest absolute Gasteiger partial charge is 0.480 e. The Kier molecular flexibility index (Phi) is 4.36. The first-order valence-electron chi connectivity index (χ1n) is 6.61. The molecule has 21 heavy (non-hydrogen) atoms. The van der Waals surface area contributed by atoms with E-state index in [1.54, 1.807) is 13.8 Å². The van der Waals surface area contributed by atoms with Crippen molar-refractivity contribution in [3.05, 3.63) is 27.2 Å². The highest BCUT2D eigenvalue weighted by Gasteiger charge is 2.42. The van der Waals surface area contributed by atoms with Crippen LogP contribution in [0.1, 0.15) is 35.0 Å². The number of H-pyrrole nitrogens is 1. The van der Waals surface area contributed by atoms with Gasteiger partial charge in [0, 0.05) is 5.75 Å². The third-order valence-electron chi connectivity index (χ3n) is 3.65. The molecule has 0 radical (unpaired) electrons. The lowest BCUT2D eigenvalue weighted by Crippen LogP contribution is -2.47. The van der Waals surface area contributed by atoms with Crippen LogP contribution in [0.4, 0.5) is 0 Å². The van der Waals surface area contributed by atoms with Gasteiger partial charge in [-0.2, -0.15) is 5.10 Å². The summed E-state index contributed by atoms with van der Waals surface area (Å²) in [5.41, 5.74) is 0.429. The van der Waals surface area contributed by atoms with Crippen LogP contribution in [0.15, 0.2) is 4.79 Å². The van der Waals surface area contributed by atoms with Gasteiger partial charge < -0.3 is 10.0 Å². The Morgan fingerprint density at radius 3 is 2.71 bits per heavy atom. The summed E-state index contributed by atoms with van der Waals surface area (Å²) in [6.07, 6.45) is 0.626. The number of carbonyl (C=O) groups is 2. The number of thioether (sulfide) groups is 1. The quantitative estimate of drug-likeness (QED) is 0.854. The number of hydrogen-bond acceptors (Lipinski definition) is 5. The molecule has 2 heterocycles. The van der Waals surface area contributed by atoms with Crippen LogP contribution in [0.25, 0.3) is 0 Å². The minimum absolute atomic E-state index is 0.0188. The third-order valence-corrected chi connectivity index (χ3v) is 5.10. The Morgan fingerprint density at radius 1 is 1.48 bits per heavy atom. The SMILES string of the molecule is CCC1SCC(C(=O)O)N1C(=O)c1c(C)c(C)n[nH]c1=O. The second-order valence-electron chi connectivity index (χ2n) is 4.90. The number of aromatic amines is 1. The van der Waals surface area contributed by atoms with E-state index in [-0.39, 0.29) is 10.9 Å². The van der Waals surface area contributed by atoms with E-state index in [0.717, 1.165) is 0 Å². The van der Waals surface area contributed by atoms with Crippen molar-refractivity contribution >= 4 is 23.6 Å². The molecule has 1 aliphatic heterocycles. The number of carboxylic acid groups (broad SMARTS) is 1. The van der Waals surface area contributed by atoms with Crippen molar-refractivity contribution in [3.63, 3.8) is 0 Å². The second-order valence-corrected chi connectivity index (χ2v) is 6.11. The molecular weight excluding hydrogens is 294 g/mol. The number of nitrogens with one attached hydrogen (secondary N) is 1. The lowest BCUT2D eigenvalue weighted by Gasteiger charge is -2.27. The van der Waals surface area contributed by atoms with Crippen LogP contribution in [0, 0.1) is 13.8 Å². The van der Waals surface area contributed by atoms with Gasteiger partial charge in [0.1, 0.15) is 11.6 Å². The number of carboxylic acids is 1. The van der Waals surface area contributed by atoms with Gasteiger partial charge in [-0.15, -0.1) is 11.8 Å². The summed E-state index contributed by atoms with van der Waals surface area (Å²) in [5.74, 6) is -1.25. The molecule has 2 N–H and O–H groups in total. The van der Waals surface area contributed by atoms with Crippen molar-refractivity contribution in [1.82, 2.24) is 15.1 Å². The van der Waals surface area contributed by atoms with Crippen LogP contribution in [0.2, 0.25) is 0 Å². The molecule has 7 nitrogen and oxygen atoms in total. The van der Waals surface area contributed by atoms with E-state index >= 15 is 0 Å². The number of hydrogen-bond donors (Lipinski definition) is 2. The number of aromatic nitrogens is 2. The maximum atomic E-state index is 12.7. The van der Waals surface area contributed by atoms with Crippen molar-refractivity contribution in [3.8, 4) is 0 Å². The third kappa shape index (κ3) is 2.67. The van der Waals surface area contributed by atoms with E-state index in [2.05, 4.69) is 10.2 Å². The standard InChI is InChI=1S/C13H17N3O4S/c1-4-9-16(8(5-21-9)13(19)20)12(18)10-6(2)7(3)14-15-11(10)17/h8-9H,4-5H2,1-3H3,(H,15,17)(H,19,20). The Labute approximate surface area is 125 Å². The minimum Gasteiger partial charge on any atom is -0.480 e. The first kappa shape index (κ1) is 15.6. The van der Waals surface area contributed by atoms with E-state index in [1.165, 1.54) is 16.7 Å². The number of aryl methyl sites for hydroxylation is 1. The predicted molar refractivity (Wildman–Crippen MR) is 78.5 cm³/mol. The first-order chi connectivity index (χ1) is 9.88. The lowest BCUT2D eigenvalue weighted by molar-refractivity contribution is -0.141. The van der Waals surface area contributed by atoms with Crippen LogP contribution >= 0.6 is 11.8 Å². The zero-order valence-corrected chi connectivity index (χ0v) is 12.9. The molecule has 1 fully saturated rings. The molecule has 114 valence electrons. The Balaban J connectivity index is 2.49. The van der Waals surface area contributed by atoms with Crippen molar-refractivity contribution in [2.75, 3.05) is 5.75 Å². The average molecular weight is 311 g/mol. The molecule has 0 aliphatic carbocycles. The molecule has 0 aromatic carbocycles. The molecule has 2 atom stereocenters. The van der Waals surface area contributed by atoms with Gasteiger partial charge in [0.2, 0.25) is 0 Å². The maximum absolute atomic E-state index is 12.7. The molecule has 1 saturated heterocycles. The Bertz CT molecular complexity index is 643. The van der Waals surface area contributed by atoms with Crippen LogP contribution in [0.5, 0.6) is 0 Å². The van der Waals surface area contributed by atoms with Crippen LogP contribution in [0.3, 0.4) is 0 Å². The molecule has 0 spiro atoms. The molecule has 2 unspecified atom stereocenters. The fourth-order valence-corrected chi connectivity index (χ4v) is 3.70. The van der Waals surface area contributed by atoms with Crippen LogP contribution < -0.4 is 5.56 Å². The zero-order valence-electron chi connectivity index (χ0n) is 12.0. The summed E-state index contributed by atoms with van der Waals surface area (Å²) in [7, 11) is 0. The van der Waals surface area contributed by atoms with Gasteiger partial charge in [0.15, 0.2) is 0 Å². The van der Waals surface area contributed by atoms with Gasteiger partial charge in [0.25, 0.3) is 11.5 Å². The van der Waals surface area contributed by atoms with Gasteiger partial charge in [-0.3, -0.25) is 9.59 Å². The van der Waals surface area contributed by atoms with E-state index < -0.39 is 23.5 Å². The molecule has 1 aromatic heterocycles. The average Bonchev–Trinajstić information content (AvgIpc) is 2.87. The van der Waals surface area contributed by atoms with Gasteiger partial charge in [0.05, 0.1) is 11.1 Å². The molecule has 1 aromatic rings. The van der Waals surface area contributed by atoms with Gasteiger partial charge in [-0.25, -0.2) is 9.89 Å². The topological polar surface area (TPSA) is 103 Å². The van der Waals surface area contributed by atoms with Crippen LogP contribution in [-0.2, 0) is 4.79 Å². The van der Waals surface area contributed by atoms with E-state index in [0.29, 0.717) is 23.4 Å². The molecule has 2 rings (SSSR count). The van der Waals surface area contributed by atoms with Crippen molar-refractivity contribution < 1.29 is 14.7 Å². The normalized spacial score (nSPS) is 21.6.